The number of hydrogen-bond acceptors (Lipinski definition) is 11. The predicted molar refractivity (Wildman–Crippen MR) is 216 cm³/mol. The number of anilines is 1. The van der Waals surface area contributed by atoms with Gasteiger partial charge in [0.05, 0.1) is 53.7 Å². The van der Waals surface area contributed by atoms with Crippen LogP contribution < -0.4 is 20.3 Å². The number of halogens is 2. The van der Waals surface area contributed by atoms with Crippen LogP contribution in [0, 0.1) is 24.0 Å². The number of rotatable bonds is 14. The first-order valence-electron chi connectivity index (χ1n) is 19.2. The maximum absolute atomic E-state index is 15.0. The van der Waals surface area contributed by atoms with E-state index in [0.29, 0.717) is 50.4 Å². The van der Waals surface area contributed by atoms with Crippen LogP contribution in [0.1, 0.15) is 70.7 Å². The van der Waals surface area contributed by atoms with Crippen molar-refractivity contribution in [2.75, 3.05) is 44.4 Å². The lowest BCUT2D eigenvalue weighted by atomic mass is 9.85. The van der Waals surface area contributed by atoms with Gasteiger partial charge in [0.2, 0.25) is 23.5 Å². The first-order valence-corrected chi connectivity index (χ1v) is 20.9. The Bertz CT molecular complexity index is 2030. The number of benzene rings is 2. The number of aliphatic hydroxyl groups excluding tert-OH is 1. The first-order chi connectivity index (χ1) is 27.2. The second-order valence-corrected chi connectivity index (χ2v) is 17.2. The maximum Gasteiger partial charge on any atom is 0.246 e. The number of β-amino-alcohol motifs (C(OH)–C–C–N with tert-alkyl or cyclic N) is 1. The van der Waals surface area contributed by atoms with Gasteiger partial charge in [0.25, 0.3) is 0 Å². The molecule has 4 heterocycles. The number of nitrogens with one attached hydrogen (secondary N) is 2. The average Bonchev–Trinajstić information content (AvgIpc) is 3.95. The summed E-state index contributed by atoms with van der Waals surface area (Å²) in [4.78, 5) is 54.4. The molecular formula is C41H50F2N6O6S2. The molecule has 2 aliphatic heterocycles. The molecule has 3 N–H and O–H groups in total. The van der Waals surface area contributed by atoms with E-state index in [2.05, 4.69) is 25.5 Å². The lowest BCUT2D eigenvalue weighted by Gasteiger charge is -2.35. The number of aliphatic hydroxyl groups is 1. The molecule has 57 heavy (non-hydrogen) atoms. The van der Waals surface area contributed by atoms with Crippen LogP contribution in [0.2, 0.25) is 0 Å². The van der Waals surface area contributed by atoms with Crippen molar-refractivity contribution in [2.45, 2.75) is 84.5 Å². The first kappa shape index (κ1) is 42.1. The van der Waals surface area contributed by atoms with Crippen molar-refractivity contribution in [3.8, 4) is 27.4 Å². The van der Waals surface area contributed by atoms with Crippen LogP contribution in [0.25, 0.3) is 21.7 Å². The molecule has 12 nitrogen and oxygen atoms in total. The Morgan fingerprint density at radius 3 is 2.47 bits per heavy atom. The van der Waals surface area contributed by atoms with E-state index in [1.165, 1.54) is 22.3 Å². The zero-order valence-electron chi connectivity index (χ0n) is 32.8. The monoisotopic (exact) mass is 824 g/mol. The van der Waals surface area contributed by atoms with E-state index in [-0.39, 0.29) is 49.6 Å². The summed E-state index contributed by atoms with van der Waals surface area (Å²) in [6.07, 6.45) is -0.0910. The van der Waals surface area contributed by atoms with Crippen molar-refractivity contribution < 1.29 is 37.7 Å². The molecule has 0 bridgehead atoms. The van der Waals surface area contributed by atoms with Gasteiger partial charge in [-0.1, -0.05) is 45.0 Å². The normalized spacial score (nSPS) is 18.3. The molecule has 2 fully saturated rings. The molecule has 4 aromatic rings. The summed E-state index contributed by atoms with van der Waals surface area (Å²) in [5, 5.41) is 19.0. The zero-order chi connectivity index (χ0) is 40.9. The third-order valence-electron chi connectivity index (χ3n) is 10.2. The fourth-order valence-electron chi connectivity index (χ4n) is 6.97. The van der Waals surface area contributed by atoms with Crippen molar-refractivity contribution in [3.05, 3.63) is 70.2 Å². The fourth-order valence-corrected chi connectivity index (χ4v) is 8.66. The van der Waals surface area contributed by atoms with Gasteiger partial charge in [0.15, 0.2) is 16.7 Å². The van der Waals surface area contributed by atoms with Gasteiger partial charge in [-0.05, 0) is 55.4 Å². The lowest BCUT2D eigenvalue weighted by Crippen LogP contribution is -2.57. The van der Waals surface area contributed by atoms with Crippen LogP contribution in [-0.2, 0) is 19.1 Å². The van der Waals surface area contributed by atoms with Crippen LogP contribution in [0.5, 0.6) is 5.75 Å². The molecule has 2 aromatic carbocycles. The fraction of sp³-hybridized carbons (Fsp3) is 0.488. The van der Waals surface area contributed by atoms with Gasteiger partial charge in [-0.3, -0.25) is 14.4 Å². The molecule has 4 atom stereocenters. The molecular weight excluding hydrogens is 775 g/mol. The van der Waals surface area contributed by atoms with Crippen LogP contribution in [-0.4, -0.2) is 95.3 Å². The number of aryl methyl sites for hydroxylation is 1. The Morgan fingerprint density at radius 2 is 1.79 bits per heavy atom. The van der Waals surface area contributed by atoms with Crippen molar-refractivity contribution in [1.82, 2.24) is 25.5 Å². The van der Waals surface area contributed by atoms with Gasteiger partial charge >= 0.3 is 0 Å². The number of unbranched alkanes of at least 4 members (excludes halogenated alkanes) is 1. The minimum absolute atomic E-state index is 0.0134. The number of thiazole rings is 2. The van der Waals surface area contributed by atoms with E-state index < -0.39 is 41.1 Å². The maximum atomic E-state index is 15.0. The Labute approximate surface area is 339 Å². The summed E-state index contributed by atoms with van der Waals surface area (Å²) in [5.41, 5.74) is 4.76. The smallest absolute Gasteiger partial charge is 0.246 e. The molecule has 2 saturated heterocycles. The van der Waals surface area contributed by atoms with Gasteiger partial charge in [-0.15, -0.1) is 22.7 Å². The topological polar surface area (TPSA) is 146 Å². The third-order valence-corrected chi connectivity index (χ3v) is 12.1. The number of morpholine rings is 1. The number of carbonyl (C=O) groups is 3. The minimum Gasteiger partial charge on any atom is -0.490 e. The highest BCUT2D eigenvalue weighted by molar-refractivity contribution is 7.14. The molecule has 0 radical (unpaired) electrons. The Balaban J connectivity index is 1.02. The zero-order valence-corrected chi connectivity index (χ0v) is 34.5. The minimum atomic E-state index is -1.11. The molecule has 6 rings (SSSR count). The van der Waals surface area contributed by atoms with Crippen molar-refractivity contribution in [3.63, 3.8) is 0 Å². The summed E-state index contributed by atoms with van der Waals surface area (Å²) in [7, 11) is 0. The number of amides is 3. The van der Waals surface area contributed by atoms with E-state index in [1.807, 2.05) is 58.9 Å². The molecule has 2 aliphatic rings. The summed E-state index contributed by atoms with van der Waals surface area (Å²) in [5.74, 6) is -3.62. The number of likely N-dealkylation sites (tertiary alicyclic amines) is 1. The van der Waals surface area contributed by atoms with Crippen LogP contribution in [0.4, 0.5) is 13.9 Å². The van der Waals surface area contributed by atoms with Gasteiger partial charge in [-0.2, -0.15) is 4.39 Å². The number of ether oxygens (including phenoxy) is 2. The van der Waals surface area contributed by atoms with Crippen molar-refractivity contribution in [2.24, 2.45) is 5.41 Å². The van der Waals surface area contributed by atoms with Gasteiger partial charge in [0, 0.05) is 43.4 Å². The molecule has 0 aliphatic carbocycles. The van der Waals surface area contributed by atoms with E-state index in [1.54, 1.807) is 22.2 Å². The second-order valence-electron chi connectivity index (χ2n) is 15.5. The number of carbonyl (C=O) groups excluding carboxylic acids is 3. The lowest BCUT2D eigenvalue weighted by molar-refractivity contribution is -0.144. The quantitative estimate of drug-likeness (QED) is 0.125. The van der Waals surface area contributed by atoms with Crippen LogP contribution in [0.3, 0.4) is 0 Å². The summed E-state index contributed by atoms with van der Waals surface area (Å²) in [6, 6.07) is 8.10. The van der Waals surface area contributed by atoms with E-state index >= 15 is 4.39 Å². The highest BCUT2D eigenvalue weighted by Crippen LogP contribution is 2.37. The highest BCUT2D eigenvalue weighted by Gasteiger charge is 2.44. The SMILES string of the molecule is Cc1ncsc1-c1ccc([C@H](C)NC(=O)[C@@H]2C[C@@H](O)CN2C(=O)[C@@H](NC(=O)CCCCOc2c(-c3csc(N4CCOCC4)n3)ccc(F)c2F)C(C)(C)C)cc1. The average molecular weight is 825 g/mol. The Kier molecular flexibility index (Phi) is 13.6. The highest BCUT2D eigenvalue weighted by atomic mass is 32.1. The van der Waals surface area contributed by atoms with E-state index in [4.69, 9.17) is 9.47 Å². The van der Waals surface area contributed by atoms with Gasteiger partial charge in [-0.25, -0.2) is 14.4 Å². The molecule has 0 unspecified atom stereocenters. The van der Waals surface area contributed by atoms with E-state index in [9.17, 15) is 23.9 Å². The summed E-state index contributed by atoms with van der Waals surface area (Å²) >= 11 is 2.97. The standard InChI is InChI=1S/C41H50F2N6O6S2/c1-24(26-9-11-27(12-10-26)36-25(2)44-23-57-36)45-38(52)32-20-28(50)21-49(32)39(53)37(41(3,4)5)47-33(51)8-6-7-17-55-35-29(13-14-30(42)34(35)43)31-22-56-40(46-31)48-15-18-54-19-16-48/h9-14,22-24,28,32,37,50H,6-8,15-21H2,1-5H3,(H,45,52)(H,47,51)/t24-,28+,32-,37+/m0/s1. The number of aromatic nitrogens is 2. The number of nitrogens with zero attached hydrogens (tertiary/aromatic N) is 4. The van der Waals surface area contributed by atoms with Crippen LogP contribution in [0.15, 0.2) is 47.3 Å². The molecule has 306 valence electrons. The molecule has 0 saturated carbocycles. The third kappa shape index (κ3) is 10.1. The molecule has 2 aromatic heterocycles. The largest absolute Gasteiger partial charge is 0.490 e. The Morgan fingerprint density at radius 1 is 1.05 bits per heavy atom. The second kappa shape index (κ2) is 18.4. The van der Waals surface area contributed by atoms with Crippen molar-refractivity contribution >= 4 is 45.5 Å². The summed E-state index contributed by atoms with van der Waals surface area (Å²) in [6.45, 7) is 11.8. The van der Waals surface area contributed by atoms with E-state index in [0.717, 1.165) is 32.9 Å². The summed E-state index contributed by atoms with van der Waals surface area (Å²) < 4.78 is 40.5. The van der Waals surface area contributed by atoms with Gasteiger partial charge < -0.3 is 35.0 Å². The van der Waals surface area contributed by atoms with Gasteiger partial charge in [0.1, 0.15) is 12.1 Å². The molecule has 16 heteroatoms. The van der Waals surface area contributed by atoms with Crippen molar-refractivity contribution in [1.29, 1.82) is 0 Å². The number of hydrogen-bond donors (Lipinski definition) is 3. The van der Waals surface area contributed by atoms with Crippen LogP contribution >= 0.6 is 22.7 Å². The predicted octanol–water partition coefficient (Wildman–Crippen LogP) is 6.28. The molecule has 0 spiro atoms. The molecule has 3 amide bonds. The Hall–Kier alpha value is -4.51.